The first-order valence-corrected chi connectivity index (χ1v) is 10.2. The standard InChI is InChI=1S/C26H23FN2O3/c1-18(16-19-8-4-3-5-9-19)25-26(31)28(23-11-7-6-10-22(23)27)17-24(30)29(25)20-12-14-21(32-2)15-13-20/h3-16,25H,17H2,1-2H3/b18-16-/t25-/m0/s1. The number of amides is 2. The first kappa shape index (κ1) is 21.3. The Kier molecular flexibility index (Phi) is 6.03. The van der Waals surface area contributed by atoms with Crippen molar-refractivity contribution < 1.29 is 18.7 Å². The van der Waals surface area contributed by atoms with Gasteiger partial charge in [-0.05, 0) is 54.5 Å². The predicted octanol–water partition coefficient (Wildman–Crippen LogP) is 4.69. The van der Waals surface area contributed by atoms with Crippen molar-refractivity contribution in [1.29, 1.82) is 0 Å². The maximum atomic E-state index is 14.5. The monoisotopic (exact) mass is 430 g/mol. The molecule has 162 valence electrons. The molecular weight excluding hydrogens is 407 g/mol. The molecule has 5 nitrogen and oxygen atoms in total. The zero-order chi connectivity index (χ0) is 22.7. The number of halogens is 1. The average molecular weight is 430 g/mol. The molecule has 1 fully saturated rings. The van der Waals surface area contributed by atoms with Gasteiger partial charge in [-0.15, -0.1) is 0 Å². The second-order valence-corrected chi connectivity index (χ2v) is 7.54. The summed E-state index contributed by atoms with van der Waals surface area (Å²) in [5.41, 5.74) is 2.25. The van der Waals surface area contributed by atoms with Gasteiger partial charge in [0, 0.05) is 5.69 Å². The molecule has 0 saturated carbocycles. The molecule has 1 heterocycles. The van der Waals surface area contributed by atoms with Gasteiger partial charge in [0.1, 0.15) is 24.2 Å². The molecule has 0 N–H and O–H groups in total. The second-order valence-electron chi connectivity index (χ2n) is 7.54. The van der Waals surface area contributed by atoms with E-state index in [1.165, 1.54) is 21.9 Å². The van der Waals surface area contributed by atoms with Crippen molar-refractivity contribution in [2.75, 3.05) is 23.5 Å². The molecule has 6 heteroatoms. The van der Waals surface area contributed by atoms with Crippen LogP contribution in [0.5, 0.6) is 5.75 Å². The summed E-state index contributed by atoms with van der Waals surface area (Å²) in [6, 6.07) is 21.6. The van der Waals surface area contributed by atoms with Gasteiger partial charge in [0.25, 0.3) is 5.91 Å². The molecule has 0 aromatic heterocycles. The lowest BCUT2D eigenvalue weighted by molar-refractivity contribution is -0.127. The summed E-state index contributed by atoms with van der Waals surface area (Å²) in [6.07, 6.45) is 1.87. The molecule has 0 aliphatic carbocycles. The quantitative estimate of drug-likeness (QED) is 0.590. The number of ether oxygens (including phenoxy) is 1. The van der Waals surface area contributed by atoms with E-state index in [9.17, 15) is 14.0 Å². The number of hydrogen-bond donors (Lipinski definition) is 0. The van der Waals surface area contributed by atoms with Crippen molar-refractivity contribution in [3.05, 3.63) is 95.8 Å². The van der Waals surface area contributed by atoms with Gasteiger partial charge >= 0.3 is 0 Å². The SMILES string of the molecule is COc1ccc(N2C(=O)CN(c3ccccc3F)C(=O)[C@@H]2/C(C)=C\c2ccccc2)cc1. The Balaban J connectivity index is 1.80. The highest BCUT2D eigenvalue weighted by molar-refractivity contribution is 6.16. The number of para-hydroxylation sites is 1. The first-order valence-electron chi connectivity index (χ1n) is 10.2. The smallest absolute Gasteiger partial charge is 0.255 e. The first-order chi connectivity index (χ1) is 15.5. The lowest BCUT2D eigenvalue weighted by atomic mass is 9.98. The van der Waals surface area contributed by atoms with E-state index >= 15 is 0 Å². The molecule has 32 heavy (non-hydrogen) atoms. The summed E-state index contributed by atoms with van der Waals surface area (Å²) in [5.74, 6) is -0.570. The van der Waals surface area contributed by atoms with Crippen LogP contribution in [0, 0.1) is 5.82 Å². The van der Waals surface area contributed by atoms with Crippen LogP contribution in [0.15, 0.2) is 84.4 Å². The Labute approximate surface area is 186 Å². The number of benzene rings is 3. The Morgan fingerprint density at radius 1 is 0.969 bits per heavy atom. The zero-order valence-corrected chi connectivity index (χ0v) is 17.9. The lowest BCUT2D eigenvalue weighted by Crippen LogP contribution is -2.61. The van der Waals surface area contributed by atoms with Crippen molar-refractivity contribution >= 4 is 29.3 Å². The van der Waals surface area contributed by atoms with E-state index < -0.39 is 11.9 Å². The average Bonchev–Trinajstić information content (AvgIpc) is 2.81. The maximum Gasteiger partial charge on any atom is 0.255 e. The molecule has 2 amide bonds. The number of carbonyl (C=O) groups excluding carboxylic acids is 2. The zero-order valence-electron chi connectivity index (χ0n) is 17.9. The number of piperazine rings is 1. The molecule has 4 rings (SSSR count). The minimum atomic E-state index is -0.913. The third-order valence-electron chi connectivity index (χ3n) is 5.44. The third-order valence-corrected chi connectivity index (χ3v) is 5.44. The van der Waals surface area contributed by atoms with Crippen LogP contribution in [-0.4, -0.2) is 31.5 Å². The van der Waals surface area contributed by atoms with Crippen molar-refractivity contribution in [3.63, 3.8) is 0 Å². The summed E-state index contributed by atoms with van der Waals surface area (Å²) in [6.45, 7) is 1.56. The highest BCUT2D eigenvalue weighted by Gasteiger charge is 2.42. The molecule has 0 unspecified atom stereocenters. The van der Waals surface area contributed by atoms with Gasteiger partial charge in [-0.25, -0.2) is 4.39 Å². The van der Waals surface area contributed by atoms with Crippen LogP contribution in [0.1, 0.15) is 12.5 Å². The van der Waals surface area contributed by atoms with Crippen molar-refractivity contribution in [1.82, 2.24) is 0 Å². The Morgan fingerprint density at radius 2 is 1.62 bits per heavy atom. The number of hydrogen-bond acceptors (Lipinski definition) is 3. The van der Waals surface area contributed by atoms with Crippen molar-refractivity contribution in [2.24, 2.45) is 0 Å². The van der Waals surface area contributed by atoms with E-state index in [1.807, 2.05) is 43.3 Å². The summed E-state index contributed by atoms with van der Waals surface area (Å²) in [5, 5.41) is 0. The molecule has 1 aliphatic heterocycles. The molecule has 1 aliphatic rings. The normalized spacial score (nSPS) is 17.0. The molecule has 0 bridgehead atoms. The van der Waals surface area contributed by atoms with Gasteiger partial charge < -0.3 is 4.74 Å². The molecule has 3 aromatic rings. The number of anilines is 2. The Morgan fingerprint density at radius 3 is 2.28 bits per heavy atom. The summed E-state index contributed by atoms with van der Waals surface area (Å²) >= 11 is 0. The van der Waals surface area contributed by atoms with Crippen LogP contribution >= 0.6 is 0 Å². The summed E-state index contributed by atoms with van der Waals surface area (Å²) in [7, 11) is 1.56. The minimum absolute atomic E-state index is 0.0951. The fourth-order valence-electron chi connectivity index (χ4n) is 3.89. The lowest BCUT2D eigenvalue weighted by Gasteiger charge is -2.40. The van der Waals surface area contributed by atoms with Gasteiger partial charge in [-0.2, -0.15) is 0 Å². The van der Waals surface area contributed by atoms with Crippen LogP contribution in [0.3, 0.4) is 0 Å². The minimum Gasteiger partial charge on any atom is -0.497 e. The topological polar surface area (TPSA) is 49.9 Å². The Hall–Kier alpha value is -3.93. The van der Waals surface area contributed by atoms with Gasteiger partial charge in [0.2, 0.25) is 5.91 Å². The summed E-state index contributed by atoms with van der Waals surface area (Å²) in [4.78, 5) is 29.7. The van der Waals surface area contributed by atoms with E-state index in [0.717, 1.165) is 5.56 Å². The number of nitrogens with zero attached hydrogens (tertiary/aromatic N) is 2. The van der Waals surface area contributed by atoms with E-state index in [4.69, 9.17) is 4.74 Å². The fourth-order valence-corrected chi connectivity index (χ4v) is 3.89. The van der Waals surface area contributed by atoms with Crippen LogP contribution < -0.4 is 14.5 Å². The number of methoxy groups -OCH3 is 1. The van der Waals surface area contributed by atoms with E-state index in [1.54, 1.807) is 43.5 Å². The van der Waals surface area contributed by atoms with Crippen molar-refractivity contribution in [2.45, 2.75) is 13.0 Å². The molecule has 1 saturated heterocycles. The molecule has 3 aromatic carbocycles. The Bertz CT molecular complexity index is 1160. The van der Waals surface area contributed by atoms with Crippen LogP contribution in [0.4, 0.5) is 15.8 Å². The molecule has 0 radical (unpaired) electrons. The number of rotatable bonds is 5. The van der Waals surface area contributed by atoms with Crippen LogP contribution in [0.2, 0.25) is 0 Å². The van der Waals surface area contributed by atoms with E-state index in [0.29, 0.717) is 17.0 Å². The van der Waals surface area contributed by atoms with Crippen LogP contribution in [0.25, 0.3) is 6.08 Å². The molecule has 1 atom stereocenters. The molecule has 0 spiro atoms. The predicted molar refractivity (Wildman–Crippen MR) is 123 cm³/mol. The fraction of sp³-hybridized carbons (Fsp3) is 0.154. The summed E-state index contributed by atoms with van der Waals surface area (Å²) < 4.78 is 19.7. The highest BCUT2D eigenvalue weighted by atomic mass is 19.1. The number of carbonyl (C=O) groups is 2. The second kappa shape index (κ2) is 9.06. The van der Waals surface area contributed by atoms with Crippen LogP contribution in [-0.2, 0) is 9.59 Å². The van der Waals surface area contributed by atoms with Gasteiger partial charge in [-0.3, -0.25) is 19.4 Å². The van der Waals surface area contributed by atoms with E-state index in [-0.39, 0.29) is 24.0 Å². The third kappa shape index (κ3) is 4.12. The highest BCUT2D eigenvalue weighted by Crippen LogP contribution is 2.31. The van der Waals surface area contributed by atoms with Gasteiger partial charge in [0.15, 0.2) is 0 Å². The van der Waals surface area contributed by atoms with Gasteiger partial charge in [0.05, 0.1) is 12.8 Å². The van der Waals surface area contributed by atoms with Gasteiger partial charge in [-0.1, -0.05) is 48.5 Å². The van der Waals surface area contributed by atoms with Crippen molar-refractivity contribution in [3.8, 4) is 5.75 Å². The molecular formula is C26H23FN2O3. The van der Waals surface area contributed by atoms with E-state index in [2.05, 4.69) is 0 Å². The largest absolute Gasteiger partial charge is 0.497 e. The maximum absolute atomic E-state index is 14.5.